The number of nitrogens with one attached hydrogen (secondary N) is 2. The summed E-state index contributed by atoms with van der Waals surface area (Å²) < 4.78 is 0. The lowest BCUT2D eigenvalue weighted by atomic mass is 10.1. The molecule has 8 heteroatoms. The van der Waals surface area contributed by atoms with Crippen LogP contribution in [0.2, 0.25) is 0 Å². The second-order valence-corrected chi connectivity index (χ2v) is 7.33. The van der Waals surface area contributed by atoms with Crippen LogP contribution in [0.1, 0.15) is 62.5 Å². The number of rotatable bonds is 13. The van der Waals surface area contributed by atoms with Gasteiger partial charge >= 0.3 is 0 Å². The third-order valence-electron chi connectivity index (χ3n) is 4.72. The Balaban J connectivity index is 1.45. The lowest BCUT2D eigenvalue weighted by Crippen LogP contribution is -2.17. The Hall–Kier alpha value is -3.68. The smallest absolute Gasteiger partial charge is 0.240 e. The maximum absolute atomic E-state index is 11.8. The zero-order chi connectivity index (χ0) is 23.0. The highest BCUT2D eigenvalue weighted by Crippen LogP contribution is 2.13. The van der Waals surface area contributed by atoms with Gasteiger partial charge in [-0.25, -0.2) is 10.9 Å². The molecule has 2 aromatic rings. The number of aromatic hydroxyl groups is 2. The van der Waals surface area contributed by atoms with Crippen LogP contribution in [-0.4, -0.2) is 34.5 Å². The molecule has 0 radical (unpaired) electrons. The van der Waals surface area contributed by atoms with E-state index in [-0.39, 0.29) is 23.3 Å². The Labute approximate surface area is 188 Å². The number of unbranched alkanes of at least 4 members (excludes halogenated alkanes) is 5. The van der Waals surface area contributed by atoms with Crippen molar-refractivity contribution in [2.75, 3.05) is 0 Å². The highest BCUT2D eigenvalue weighted by atomic mass is 16.3. The first-order valence-corrected chi connectivity index (χ1v) is 10.8. The third kappa shape index (κ3) is 9.88. The minimum absolute atomic E-state index is 0.114. The van der Waals surface area contributed by atoms with E-state index in [1.165, 1.54) is 12.4 Å². The van der Waals surface area contributed by atoms with E-state index in [4.69, 9.17) is 0 Å². The molecule has 0 aliphatic carbocycles. The van der Waals surface area contributed by atoms with Crippen molar-refractivity contribution in [2.24, 2.45) is 10.2 Å². The maximum atomic E-state index is 11.8. The molecule has 32 heavy (non-hydrogen) atoms. The molecule has 0 atom stereocenters. The molecule has 4 N–H and O–H groups in total. The van der Waals surface area contributed by atoms with Gasteiger partial charge in [0.05, 0.1) is 12.4 Å². The molecule has 8 nitrogen and oxygen atoms in total. The molecule has 0 bridgehead atoms. The monoisotopic (exact) mass is 438 g/mol. The lowest BCUT2D eigenvalue weighted by Gasteiger charge is -2.03. The Morgan fingerprint density at radius 1 is 0.656 bits per heavy atom. The first-order valence-electron chi connectivity index (χ1n) is 10.8. The molecule has 0 saturated heterocycles. The van der Waals surface area contributed by atoms with Crippen molar-refractivity contribution in [3.8, 4) is 11.5 Å². The molecule has 2 amide bonds. The minimum atomic E-state index is -0.155. The summed E-state index contributed by atoms with van der Waals surface area (Å²) in [6.07, 6.45) is 9.06. The second kappa shape index (κ2) is 14.3. The van der Waals surface area contributed by atoms with E-state index in [1.54, 1.807) is 48.5 Å². The van der Waals surface area contributed by atoms with Crippen LogP contribution in [-0.2, 0) is 9.59 Å². The number of phenolic OH excluding ortho intramolecular Hbond substituents is 2. The highest BCUT2D eigenvalue weighted by Gasteiger charge is 2.02. The van der Waals surface area contributed by atoms with Gasteiger partial charge in [-0.3, -0.25) is 9.59 Å². The van der Waals surface area contributed by atoms with Crippen LogP contribution in [0.5, 0.6) is 11.5 Å². The van der Waals surface area contributed by atoms with Gasteiger partial charge in [-0.2, -0.15) is 10.2 Å². The maximum Gasteiger partial charge on any atom is 0.240 e. The summed E-state index contributed by atoms with van der Waals surface area (Å²) in [6.45, 7) is 0. The molecule has 0 saturated carbocycles. The van der Waals surface area contributed by atoms with E-state index in [0.29, 0.717) is 24.0 Å². The number of hydrogen-bond acceptors (Lipinski definition) is 6. The fraction of sp³-hybridized carbons (Fsp3) is 0.333. The zero-order valence-corrected chi connectivity index (χ0v) is 18.0. The van der Waals surface area contributed by atoms with E-state index >= 15 is 0 Å². The molecule has 0 aliphatic rings. The first-order chi connectivity index (χ1) is 15.6. The first kappa shape index (κ1) is 24.6. The van der Waals surface area contributed by atoms with Crippen LogP contribution in [0.15, 0.2) is 58.7 Å². The fourth-order valence-electron chi connectivity index (χ4n) is 2.93. The van der Waals surface area contributed by atoms with Gasteiger partial charge in [-0.05, 0) is 37.1 Å². The van der Waals surface area contributed by atoms with Crippen LogP contribution in [0.4, 0.5) is 0 Å². The molecule has 0 aromatic heterocycles. The van der Waals surface area contributed by atoms with E-state index in [0.717, 1.165) is 38.5 Å². The molecular weight excluding hydrogens is 408 g/mol. The SMILES string of the molecule is O=C(CCCCCCCCC(=O)N/N=C/c1ccccc1O)N/N=C\c1ccccc1O. The van der Waals surface area contributed by atoms with Crippen LogP contribution >= 0.6 is 0 Å². The molecular formula is C24H30N4O4. The number of carbonyl (C=O) groups is 2. The Bertz CT molecular complexity index is 852. The summed E-state index contributed by atoms with van der Waals surface area (Å²) >= 11 is 0. The van der Waals surface area contributed by atoms with E-state index < -0.39 is 0 Å². The van der Waals surface area contributed by atoms with Crippen molar-refractivity contribution in [1.82, 2.24) is 10.9 Å². The van der Waals surface area contributed by atoms with Gasteiger partial charge in [-0.1, -0.05) is 49.9 Å². The van der Waals surface area contributed by atoms with Gasteiger partial charge in [0.2, 0.25) is 11.8 Å². The summed E-state index contributed by atoms with van der Waals surface area (Å²) in [5, 5.41) is 26.9. The number of hydrazone groups is 2. The average Bonchev–Trinajstić information content (AvgIpc) is 2.78. The molecule has 0 aliphatic heterocycles. The van der Waals surface area contributed by atoms with Crippen LogP contribution in [0.25, 0.3) is 0 Å². The predicted octanol–water partition coefficient (Wildman–Crippen LogP) is 3.82. The number of benzene rings is 2. The van der Waals surface area contributed by atoms with Gasteiger partial charge in [0.25, 0.3) is 0 Å². The number of para-hydroxylation sites is 2. The lowest BCUT2D eigenvalue weighted by molar-refractivity contribution is -0.122. The number of nitrogens with zero attached hydrogens (tertiary/aromatic N) is 2. The van der Waals surface area contributed by atoms with Crippen LogP contribution in [0.3, 0.4) is 0 Å². The van der Waals surface area contributed by atoms with Crippen LogP contribution in [0, 0.1) is 0 Å². The van der Waals surface area contributed by atoms with Crippen molar-refractivity contribution < 1.29 is 19.8 Å². The molecule has 170 valence electrons. The number of amides is 2. The molecule has 0 fully saturated rings. The molecule has 0 heterocycles. The predicted molar refractivity (Wildman–Crippen MR) is 125 cm³/mol. The minimum Gasteiger partial charge on any atom is -0.507 e. The van der Waals surface area contributed by atoms with Gasteiger partial charge in [0, 0.05) is 24.0 Å². The normalized spacial score (nSPS) is 11.1. The van der Waals surface area contributed by atoms with Crippen molar-refractivity contribution in [3.63, 3.8) is 0 Å². The van der Waals surface area contributed by atoms with Gasteiger partial charge in [0.1, 0.15) is 11.5 Å². The summed E-state index contributed by atoms with van der Waals surface area (Å²) in [7, 11) is 0. The Kier molecular flexibility index (Phi) is 11.0. The Morgan fingerprint density at radius 2 is 1.03 bits per heavy atom. The largest absolute Gasteiger partial charge is 0.507 e. The average molecular weight is 439 g/mol. The summed E-state index contributed by atoms with van der Waals surface area (Å²) in [5.74, 6) is -0.0817. The number of carbonyl (C=O) groups excluding carboxylic acids is 2. The topological polar surface area (TPSA) is 123 Å². The third-order valence-corrected chi connectivity index (χ3v) is 4.72. The summed E-state index contributed by atoms with van der Waals surface area (Å²) in [5.41, 5.74) is 6.01. The van der Waals surface area contributed by atoms with Crippen molar-refractivity contribution in [1.29, 1.82) is 0 Å². The quantitative estimate of drug-likeness (QED) is 0.216. The molecule has 0 unspecified atom stereocenters. The number of hydrogen-bond donors (Lipinski definition) is 4. The van der Waals surface area contributed by atoms with Crippen molar-refractivity contribution >= 4 is 24.2 Å². The highest BCUT2D eigenvalue weighted by molar-refractivity contribution is 5.85. The summed E-state index contributed by atoms with van der Waals surface area (Å²) in [4.78, 5) is 23.5. The summed E-state index contributed by atoms with van der Waals surface area (Å²) in [6, 6.07) is 13.5. The van der Waals surface area contributed by atoms with Crippen molar-refractivity contribution in [3.05, 3.63) is 59.7 Å². The van der Waals surface area contributed by atoms with Gasteiger partial charge in [0.15, 0.2) is 0 Å². The van der Waals surface area contributed by atoms with Gasteiger partial charge < -0.3 is 10.2 Å². The molecule has 2 aromatic carbocycles. The molecule has 2 rings (SSSR count). The van der Waals surface area contributed by atoms with Crippen LogP contribution < -0.4 is 10.9 Å². The fourth-order valence-corrected chi connectivity index (χ4v) is 2.93. The van der Waals surface area contributed by atoms with E-state index in [1.807, 2.05) is 0 Å². The number of phenols is 2. The van der Waals surface area contributed by atoms with Gasteiger partial charge in [-0.15, -0.1) is 0 Å². The van der Waals surface area contributed by atoms with E-state index in [9.17, 15) is 19.8 Å². The zero-order valence-electron chi connectivity index (χ0n) is 18.0. The van der Waals surface area contributed by atoms with E-state index in [2.05, 4.69) is 21.1 Å². The standard InChI is InChI=1S/C24H30N4O4/c29-21-13-9-7-11-19(21)17-25-27-23(31)15-5-3-1-2-4-6-16-24(32)28-26-18-20-12-8-10-14-22(20)30/h7-14,17-18,29-30H,1-6,15-16H2,(H,27,31)(H,28,32)/b25-17-,26-18+. The van der Waals surface area contributed by atoms with Crippen molar-refractivity contribution in [2.45, 2.75) is 51.4 Å². The second-order valence-electron chi connectivity index (χ2n) is 7.33. The Morgan fingerprint density at radius 3 is 1.44 bits per heavy atom. The molecule has 0 spiro atoms.